The Bertz CT molecular complexity index is 2490. The predicted octanol–water partition coefficient (Wildman–Crippen LogP) is 13.2. The predicted molar refractivity (Wildman–Crippen MR) is 232 cm³/mol. The van der Waals surface area contributed by atoms with Gasteiger partial charge >= 0.3 is 0 Å². The number of benzene rings is 5. The van der Waals surface area contributed by atoms with Crippen LogP contribution in [0.2, 0.25) is 19.6 Å². The molecule has 8 aromatic rings. The second kappa shape index (κ2) is 16.5. The van der Waals surface area contributed by atoms with Gasteiger partial charge in [0, 0.05) is 37.2 Å². The molecule has 0 fully saturated rings. The standard InChI is InChI=1S/C30H20NS.C19H26NSi.Ir/c1-20-10-12-22(13-11-20)23-14-15-25-26-8-5-9-27(30(26)32-29(25)19-23)28-18-24(16-17-31-28)21-6-3-2-4-7-21;1-19(2,3)13-16-12-17(15-10-8-7-9-11-15)20-14-18(16)21(4,5)6;/h2-8,10-19H,1H3;7-10,12,14H,13H2,1-6H3;/q2*-1;. The summed E-state index contributed by atoms with van der Waals surface area (Å²) in [6.45, 7) is 16.2. The molecular formula is C49H46IrN2SSi-2. The molecule has 3 heterocycles. The molecule has 0 aliphatic carbocycles. The molecular weight excluding hydrogens is 869 g/mol. The maximum Gasteiger partial charge on any atom is 0.0798 e. The van der Waals surface area contributed by atoms with E-state index in [9.17, 15) is 0 Å². The number of hydrogen-bond donors (Lipinski definition) is 0. The van der Waals surface area contributed by atoms with Crippen LogP contribution in [-0.4, -0.2) is 18.0 Å². The maximum atomic E-state index is 4.71. The number of pyridine rings is 2. The van der Waals surface area contributed by atoms with Gasteiger partial charge in [0.1, 0.15) is 0 Å². The summed E-state index contributed by atoms with van der Waals surface area (Å²) in [5.74, 6) is 0. The average Bonchev–Trinajstić information content (AvgIpc) is 3.53. The van der Waals surface area contributed by atoms with E-state index in [0.717, 1.165) is 28.9 Å². The smallest absolute Gasteiger partial charge is 0.0798 e. The van der Waals surface area contributed by atoms with Gasteiger partial charge in [-0.15, -0.1) is 59.7 Å². The molecule has 0 saturated carbocycles. The second-order valence-electron chi connectivity index (χ2n) is 16.1. The van der Waals surface area contributed by atoms with Crippen molar-refractivity contribution in [2.24, 2.45) is 5.41 Å². The number of nitrogens with zero attached hydrogens (tertiary/aromatic N) is 2. The van der Waals surface area contributed by atoms with Crippen LogP contribution >= 0.6 is 11.3 Å². The van der Waals surface area contributed by atoms with Gasteiger partial charge in [-0.2, -0.15) is 11.3 Å². The molecule has 0 aliphatic rings. The van der Waals surface area contributed by atoms with E-state index in [1.165, 1.54) is 58.7 Å². The minimum atomic E-state index is -1.37. The Kier molecular flexibility index (Phi) is 11.9. The fourth-order valence-corrected chi connectivity index (χ4v) is 9.65. The van der Waals surface area contributed by atoms with E-state index >= 15 is 0 Å². The van der Waals surface area contributed by atoms with E-state index in [-0.39, 0.29) is 25.5 Å². The van der Waals surface area contributed by atoms with Crippen LogP contribution in [0, 0.1) is 24.5 Å². The summed E-state index contributed by atoms with van der Waals surface area (Å²) in [5.41, 5.74) is 12.0. The quantitative estimate of drug-likeness (QED) is 0.123. The van der Waals surface area contributed by atoms with Gasteiger partial charge in [-0.05, 0) is 79.8 Å². The summed E-state index contributed by atoms with van der Waals surface area (Å²) in [6.07, 6.45) is 5.10. The topological polar surface area (TPSA) is 25.8 Å². The van der Waals surface area contributed by atoms with E-state index < -0.39 is 8.07 Å². The summed E-state index contributed by atoms with van der Waals surface area (Å²) in [4.78, 5) is 9.41. The average molecular weight is 915 g/mol. The van der Waals surface area contributed by atoms with Crippen LogP contribution in [0.5, 0.6) is 0 Å². The second-order valence-corrected chi connectivity index (χ2v) is 22.2. The van der Waals surface area contributed by atoms with Crippen molar-refractivity contribution in [3.63, 3.8) is 0 Å². The van der Waals surface area contributed by atoms with Crippen LogP contribution in [0.4, 0.5) is 0 Å². The van der Waals surface area contributed by atoms with Crippen molar-refractivity contribution in [2.75, 3.05) is 0 Å². The number of fused-ring (bicyclic) bond motifs is 3. The number of aryl methyl sites for hydroxylation is 1. The van der Waals surface area contributed by atoms with Gasteiger partial charge in [-0.3, -0.25) is 0 Å². The zero-order valence-electron chi connectivity index (χ0n) is 32.1. The molecule has 3 aromatic heterocycles. The van der Waals surface area contributed by atoms with Gasteiger partial charge in [0.25, 0.3) is 0 Å². The van der Waals surface area contributed by atoms with Crippen molar-refractivity contribution in [2.45, 2.75) is 53.8 Å². The summed E-state index contributed by atoms with van der Waals surface area (Å²) in [5, 5.41) is 4.04. The van der Waals surface area contributed by atoms with Crippen LogP contribution in [0.3, 0.4) is 0 Å². The molecule has 0 atom stereocenters. The van der Waals surface area contributed by atoms with E-state index in [1.54, 1.807) is 0 Å². The molecule has 0 amide bonds. The van der Waals surface area contributed by atoms with Gasteiger partial charge in [-0.1, -0.05) is 136 Å². The Balaban J connectivity index is 0.000000198. The Morgan fingerprint density at radius 3 is 2.06 bits per heavy atom. The summed E-state index contributed by atoms with van der Waals surface area (Å²) >= 11 is 1.83. The minimum Gasteiger partial charge on any atom is -0.305 e. The Morgan fingerprint density at radius 2 is 1.35 bits per heavy atom. The minimum absolute atomic E-state index is 0. The monoisotopic (exact) mass is 915 g/mol. The third kappa shape index (κ3) is 9.05. The normalized spacial score (nSPS) is 11.5. The first-order chi connectivity index (χ1) is 25.4. The molecule has 273 valence electrons. The molecule has 8 rings (SSSR count). The molecule has 5 aromatic carbocycles. The van der Waals surface area contributed by atoms with E-state index in [4.69, 9.17) is 9.97 Å². The SMILES string of the molecule is CC(C)(C)Cc1cc(-c2[c-]cccc2)ncc1[Si](C)(C)C.Cc1ccc(-c2ccc3c(c2)sc2c(-c4cc(-c5ccccc5)ccn4)[c-]ccc23)cc1.[Ir]. The van der Waals surface area contributed by atoms with Crippen molar-refractivity contribution < 1.29 is 20.1 Å². The van der Waals surface area contributed by atoms with Gasteiger partial charge in [0.05, 0.1) is 8.07 Å². The van der Waals surface area contributed by atoms with Gasteiger partial charge in [0.15, 0.2) is 0 Å². The van der Waals surface area contributed by atoms with Crippen molar-refractivity contribution >= 4 is 44.8 Å². The molecule has 0 unspecified atom stereocenters. The van der Waals surface area contributed by atoms with Crippen LogP contribution in [0.25, 0.3) is 64.9 Å². The van der Waals surface area contributed by atoms with Gasteiger partial charge < -0.3 is 9.97 Å². The van der Waals surface area contributed by atoms with Gasteiger partial charge in [0.2, 0.25) is 0 Å². The number of hydrogen-bond acceptors (Lipinski definition) is 3. The van der Waals surface area contributed by atoms with E-state index in [2.05, 4.69) is 163 Å². The molecule has 0 bridgehead atoms. The first-order valence-corrected chi connectivity index (χ1v) is 22.7. The fourth-order valence-electron chi connectivity index (χ4n) is 6.82. The van der Waals surface area contributed by atoms with Crippen molar-refractivity contribution in [3.8, 4) is 44.8 Å². The summed E-state index contributed by atoms with van der Waals surface area (Å²) in [6, 6.07) is 51.5. The first-order valence-electron chi connectivity index (χ1n) is 18.4. The Hall–Kier alpha value is -4.51. The molecule has 0 aliphatic heterocycles. The first kappa shape index (κ1) is 39.2. The molecule has 0 spiro atoms. The fraction of sp³-hybridized carbons (Fsp3) is 0.184. The number of aromatic nitrogens is 2. The van der Waals surface area contributed by atoms with E-state index in [1.807, 2.05) is 47.9 Å². The van der Waals surface area contributed by atoms with Crippen LogP contribution < -0.4 is 5.19 Å². The molecule has 1 radical (unpaired) electrons. The van der Waals surface area contributed by atoms with Gasteiger partial charge in [-0.25, -0.2) is 0 Å². The summed E-state index contributed by atoms with van der Waals surface area (Å²) in [7, 11) is -1.37. The third-order valence-electron chi connectivity index (χ3n) is 9.44. The third-order valence-corrected chi connectivity index (χ3v) is 12.7. The molecule has 0 N–H and O–H groups in total. The maximum absolute atomic E-state index is 4.71. The molecule has 5 heteroatoms. The Labute approximate surface area is 339 Å². The zero-order chi connectivity index (χ0) is 37.2. The number of rotatable bonds is 6. The molecule has 54 heavy (non-hydrogen) atoms. The zero-order valence-corrected chi connectivity index (χ0v) is 36.3. The molecule has 0 saturated heterocycles. The van der Waals surface area contributed by atoms with Crippen LogP contribution in [-0.2, 0) is 26.5 Å². The molecule has 2 nitrogen and oxygen atoms in total. The Morgan fingerprint density at radius 1 is 0.648 bits per heavy atom. The van der Waals surface area contributed by atoms with Crippen LogP contribution in [0.15, 0.2) is 140 Å². The van der Waals surface area contributed by atoms with Crippen LogP contribution in [0.1, 0.15) is 31.9 Å². The van der Waals surface area contributed by atoms with Crippen molar-refractivity contribution in [1.29, 1.82) is 0 Å². The van der Waals surface area contributed by atoms with Crippen molar-refractivity contribution in [3.05, 3.63) is 163 Å². The largest absolute Gasteiger partial charge is 0.305 e. The summed E-state index contributed by atoms with van der Waals surface area (Å²) < 4.78 is 2.53. The van der Waals surface area contributed by atoms with Crippen molar-refractivity contribution in [1.82, 2.24) is 9.97 Å². The number of thiophene rings is 1. The van der Waals surface area contributed by atoms with E-state index in [0.29, 0.717) is 0 Å².